The zero-order valence-electron chi connectivity index (χ0n) is 11.1. The van der Waals surface area contributed by atoms with E-state index in [4.69, 9.17) is 47.0 Å². The van der Waals surface area contributed by atoms with Crippen LogP contribution in [-0.2, 0) is 14.0 Å². The lowest BCUT2D eigenvalue weighted by Gasteiger charge is -2.29. The molecule has 1 unspecified atom stereocenters. The summed E-state index contributed by atoms with van der Waals surface area (Å²) in [5.41, 5.74) is -1.00. The van der Waals surface area contributed by atoms with Crippen molar-refractivity contribution >= 4 is 31.5 Å². The summed E-state index contributed by atoms with van der Waals surface area (Å²) in [7, 11) is -3.13. The van der Waals surface area contributed by atoms with Gasteiger partial charge in [-0.2, -0.15) is 0 Å². The molecule has 6 nitrogen and oxygen atoms in total. The summed E-state index contributed by atoms with van der Waals surface area (Å²) in [6.45, 7) is 4.86. The third-order valence-electron chi connectivity index (χ3n) is 2.06. The van der Waals surface area contributed by atoms with E-state index in [1.807, 2.05) is 13.8 Å². The van der Waals surface area contributed by atoms with Crippen LogP contribution in [0, 0.1) is 0 Å². The highest BCUT2D eigenvalue weighted by Crippen LogP contribution is 2.22. The maximum Gasteiger partial charge on any atom is 0.314 e. The fourth-order valence-electron chi connectivity index (χ4n) is 1.25. The molecule has 0 bridgehead atoms. The Morgan fingerprint density at radius 3 is 1.89 bits per heavy atom. The van der Waals surface area contributed by atoms with E-state index in [1.165, 1.54) is 0 Å². The zero-order valence-corrected chi connectivity index (χ0v) is 13.7. The fourth-order valence-corrected chi connectivity index (χ4v) is 1.84. The van der Waals surface area contributed by atoms with Gasteiger partial charge in [0.25, 0.3) is 0 Å². The molecule has 0 heterocycles. The van der Waals surface area contributed by atoms with Crippen LogP contribution in [0.3, 0.4) is 0 Å². The van der Waals surface area contributed by atoms with Crippen LogP contribution in [0.25, 0.3) is 0 Å². The molecule has 19 heavy (non-hydrogen) atoms. The molecule has 0 spiro atoms. The molecule has 0 aliphatic carbocycles. The number of rotatable bonds is 9. The second kappa shape index (κ2) is 13.6. The summed E-state index contributed by atoms with van der Waals surface area (Å²) in [6, 6.07) is 0. The number of alkyl halides is 2. The van der Waals surface area contributed by atoms with Crippen LogP contribution >= 0.6 is 31.5 Å². The normalized spacial score (nSPS) is 14.2. The predicted octanol–water partition coefficient (Wildman–Crippen LogP) is 1.74. The smallest absolute Gasteiger partial charge is 0.314 e. The van der Waals surface area contributed by atoms with Crippen molar-refractivity contribution in [2.45, 2.75) is 38.6 Å². The van der Waals surface area contributed by atoms with Gasteiger partial charge in [-0.1, -0.05) is 0 Å². The van der Waals surface area contributed by atoms with Gasteiger partial charge in [0.1, 0.15) is 0 Å². The standard InChI is InChI=1S/C10H20Cl2O3.H3O3P/c1-3-14-9(15-4-2)7-10(13,8-12)5-6-11;1-4(2)3/h9,13H,3-8H2,1-2H3;4H,(H2,1,2,3). The maximum atomic E-state index is 10.1. The van der Waals surface area contributed by atoms with E-state index in [0.29, 0.717) is 31.9 Å². The van der Waals surface area contributed by atoms with Crippen molar-refractivity contribution in [1.82, 2.24) is 0 Å². The quantitative estimate of drug-likeness (QED) is 0.336. The van der Waals surface area contributed by atoms with Gasteiger partial charge in [-0.25, -0.2) is 0 Å². The van der Waals surface area contributed by atoms with Gasteiger partial charge in [0, 0.05) is 25.5 Å². The van der Waals surface area contributed by atoms with Gasteiger partial charge in [-0.05, 0) is 20.3 Å². The number of hydrogen-bond donors (Lipinski definition) is 3. The molecule has 0 radical (unpaired) electrons. The first-order valence-corrected chi connectivity index (χ1v) is 8.21. The number of aliphatic hydroxyl groups is 1. The number of ether oxygens (including phenoxy) is 2. The molecule has 0 fully saturated rings. The van der Waals surface area contributed by atoms with Gasteiger partial charge in [0.05, 0.1) is 11.5 Å². The molecule has 9 heteroatoms. The third-order valence-corrected chi connectivity index (χ3v) is 2.75. The second-order valence-electron chi connectivity index (χ2n) is 3.62. The molecule has 0 saturated heterocycles. The van der Waals surface area contributed by atoms with E-state index in [0.717, 1.165) is 0 Å². The molecule has 0 aromatic rings. The molecule has 0 saturated carbocycles. The Kier molecular flexibility index (Phi) is 15.7. The Balaban J connectivity index is 0. The molecular formula is C10H23Cl2O6P. The molecule has 0 aromatic heterocycles. The molecular weight excluding hydrogens is 318 g/mol. The Hall–Kier alpha value is 0.610. The lowest BCUT2D eigenvalue weighted by atomic mass is 9.98. The monoisotopic (exact) mass is 340 g/mol. The van der Waals surface area contributed by atoms with E-state index in [1.54, 1.807) is 0 Å². The van der Waals surface area contributed by atoms with Gasteiger partial charge in [0.2, 0.25) is 0 Å². The Morgan fingerprint density at radius 1 is 1.21 bits per heavy atom. The van der Waals surface area contributed by atoms with Crippen LogP contribution in [0.4, 0.5) is 0 Å². The van der Waals surface area contributed by atoms with Gasteiger partial charge in [-0.3, -0.25) is 4.57 Å². The minimum absolute atomic E-state index is 0.135. The number of hydrogen-bond acceptors (Lipinski definition) is 4. The summed E-state index contributed by atoms with van der Waals surface area (Å²) >= 11 is 11.3. The molecule has 0 aromatic carbocycles. The Bertz CT molecular complexity index is 224. The van der Waals surface area contributed by atoms with Gasteiger partial charge in [-0.15, -0.1) is 23.2 Å². The van der Waals surface area contributed by atoms with Crippen LogP contribution in [0.5, 0.6) is 0 Å². The summed E-state index contributed by atoms with van der Waals surface area (Å²) in [5.74, 6) is 0.505. The third kappa shape index (κ3) is 14.8. The van der Waals surface area contributed by atoms with Crippen molar-refractivity contribution in [3.05, 3.63) is 0 Å². The molecule has 0 amide bonds. The van der Waals surface area contributed by atoms with Crippen molar-refractivity contribution in [3.8, 4) is 0 Å². The van der Waals surface area contributed by atoms with E-state index >= 15 is 0 Å². The first kappa shape index (κ1) is 21.9. The molecule has 0 aliphatic rings. The van der Waals surface area contributed by atoms with Crippen LogP contribution in [0.2, 0.25) is 0 Å². The van der Waals surface area contributed by atoms with Crippen molar-refractivity contribution < 1.29 is 28.9 Å². The molecule has 0 rings (SSSR count). The lowest BCUT2D eigenvalue weighted by Crippen LogP contribution is -2.38. The van der Waals surface area contributed by atoms with Crippen molar-refractivity contribution in [2.24, 2.45) is 0 Å². The van der Waals surface area contributed by atoms with E-state index < -0.39 is 20.1 Å². The Morgan fingerprint density at radius 2 is 1.63 bits per heavy atom. The van der Waals surface area contributed by atoms with Gasteiger partial charge >= 0.3 is 8.25 Å². The summed E-state index contributed by atoms with van der Waals surface area (Å²) in [6.07, 6.45) is 0.381. The lowest BCUT2D eigenvalue weighted by molar-refractivity contribution is -0.166. The van der Waals surface area contributed by atoms with Gasteiger partial charge < -0.3 is 24.4 Å². The number of halogens is 2. The van der Waals surface area contributed by atoms with Crippen molar-refractivity contribution in [2.75, 3.05) is 25.0 Å². The predicted molar refractivity (Wildman–Crippen MR) is 76.1 cm³/mol. The minimum Gasteiger partial charge on any atom is -0.388 e. The molecule has 118 valence electrons. The van der Waals surface area contributed by atoms with Crippen molar-refractivity contribution in [1.29, 1.82) is 0 Å². The zero-order chi connectivity index (χ0) is 15.3. The molecule has 0 aliphatic heterocycles. The van der Waals surface area contributed by atoms with E-state index in [2.05, 4.69) is 0 Å². The average molecular weight is 341 g/mol. The molecule has 3 N–H and O–H groups in total. The van der Waals surface area contributed by atoms with E-state index in [9.17, 15) is 5.11 Å². The maximum absolute atomic E-state index is 10.1. The van der Waals surface area contributed by atoms with Crippen LogP contribution in [0.1, 0.15) is 26.7 Å². The first-order chi connectivity index (χ1) is 8.85. The average Bonchev–Trinajstić information content (AvgIpc) is 2.29. The van der Waals surface area contributed by atoms with E-state index in [-0.39, 0.29) is 5.88 Å². The van der Waals surface area contributed by atoms with Crippen LogP contribution in [0.15, 0.2) is 0 Å². The van der Waals surface area contributed by atoms with Gasteiger partial charge in [0.15, 0.2) is 6.29 Å². The Labute approximate surface area is 124 Å². The minimum atomic E-state index is -3.13. The van der Waals surface area contributed by atoms with Crippen molar-refractivity contribution in [3.63, 3.8) is 0 Å². The van der Waals surface area contributed by atoms with Crippen LogP contribution < -0.4 is 0 Å². The fraction of sp³-hybridized carbons (Fsp3) is 1.00. The summed E-state index contributed by atoms with van der Waals surface area (Å²) in [5, 5.41) is 10.1. The highest BCUT2D eigenvalue weighted by atomic mass is 35.5. The largest absolute Gasteiger partial charge is 0.388 e. The summed E-state index contributed by atoms with van der Waals surface area (Å²) < 4.78 is 19.4. The topological polar surface area (TPSA) is 96.2 Å². The summed E-state index contributed by atoms with van der Waals surface area (Å²) in [4.78, 5) is 14.3. The highest BCUT2D eigenvalue weighted by molar-refractivity contribution is 7.30. The molecule has 1 atom stereocenters. The second-order valence-corrected chi connectivity index (χ2v) is 4.83. The van der Waals surface area contributed by atoms with Crippen LogP contribution in [-0.4, -0.2) is 51.8 Å². The first-order valence-electron chi connectivity index (χ1n) is 5.84. The SMILES string of the molecule is CCOC(CC(O)(CCl)CCCl)OCC.O=[PH](O)O. The highest BCUT2D eigenvalue weighted by Gasteiger charge is 2.29.